The van der Waals surface area contributed by atoms with Gasteiger partial charge in [0.1, 0.15) is 11.6 Å². The summed E-state index contributed by atoms with van der Waals surface area (Å²) in [4.78, 5) is 16.0. The number of benzene rings is 1. The SMILES string of the molecule is Cn1cnc(C=C(C#N)C(=O)NCCc2ccccc2)c1. The number of nitriles is 1. The first-order valence-corrected chi connectivity index (χ1v) is 6.61. The summed E-state index contributed by atoms with van der Waals surface area (Å²) in [5, 5.41) is 11.8. The van der Waals surface area contributed by atoms with E-state index in [1.54, 1.807) is 17.1 Å². The zero-order valence-corrected chi connectivity index (χ0v) is 11.8. The predicted octanol–water partition coefficient (Wildman–Crippen LogP) is 1.69. The van der Waals surface area contributed by atoms with Crippen molar-refractivity contribution in [1.29, 1.82) is 5.26 Å². The molecule has 0 fully saturated rings. The number of nitrogens with one attached hydrogen (secondary N) is 1. The molecule has 0 radical (unpaired) electrons. The van der Waals surface area contributed by atoms with Crippen LogP contribution < -0.4 is 5.32 Å². The summed E-state index contributed by atoms with van der Waals surface area (Å²) >= 11 is 0. The third kappa shape index (κ3) is 4.32. The first-order chi connectivity index (χ1) is 10.2. The molecule has 5 heteroatoms. The zero-order chi connectivity index (χ0) is 15.1. The van der Waals surface area contributed by atoms with Crippen LogP contribution in [0.5, 0.6) is 0 Å². The van der Waals surface area contributed by atoms with Gasteiger partial charge in [0, 0.05) is 19.8 Å². The van der Waals surface area contributed by atoms with Gasteiger partial charge in [0.05, 0.1) is 12.0 Å². The molecule has 0 atom stereocenters. The van der Waals surface area contributed by atoms with E-state index in [1.165, 1.54) is 6.08 Å². The van der Waals surface area contributed by atoms with E-state index in [-0.39, 0.29) is 11.5 Å². The van der Waals surface area contributed by atoms with Gasteiger partial charge in [0.2, 0.25) is 0 Å². The van der Waals surface area contributed by atoms with E-state index in [2.05, 4.69) is 10.3 Å². The third-order valence-electron chi connectivity index (χ3n) is 2.92. The zero-order valence-electron chi connectivity index (χ0n) is 11.8. The monoisotopic (exact) mass is 280 g/mol. The second kappa shape index (κ2) is 7.06. The van der Waals surface area contributed by atoms with Crippen LogP contribution in [0.2, 0.25) is 0 Å². The Morgan fingerprint density at radius 1 is 1.43 bits per heavy atom. The van der Waals surface area contributed by atoms with E-state index in [0.29, 0.717) is 12.2 Å². The molecule has 2 aromatic rings. The molecule has 5 nitrogen and oxygen atoms in total. The Morgan fingerprint density at radius 2 is 2.19 bits per heavy atom. The minimum absolute atomic E-state index is 0.0572. The van der Waals surface area contributed by atoms with Gasteiger partial charge >= 0.3 is 0 Å². The van der Waals surface area contributed by atoms with E-state index >= 15 is 0 Å². The lowest BCUT2D eigenvalue weighted by atomic mass is 10.1. The maximum absolute atomic E-state index is 11.9. The fraction of sp³-hybridized carbons (Fsp3) is 0.188. The van der Waals surface area contributed by atoms with E-state index in [1.807, 2.05) is 43.4 Å². The number of carbonyl (C=O) groups excluding carboxylic acids is 1. The average molecular weight is 280 g/mol. The van der Waals surface area contributed by atoms with Crippen molar-refractivity contribution in [3.63, 3.8) is 0 Å². The quantitative estimate of drug-likeness (QED) is 0.669. The fourth-order valence-corrected chi connectivity index (χ4v) is 1.86. The van der Waals surface area contributed by atoms with Gasteiger partial charge in [-0.15, -0.1) is 0 Å². The number of hydrogen-bond acceptors (Lipinski definition) is 3. The Hall–Kier alpha value is -2.87. The maximum Gasteiger partial charge on any atom is 0.262 e. The Kier molecular flexibility index (Phi) is 4.89. The molecule has 1 amide bonds. The molecule has 2 rings (SSSR count). The van der Waals surface area contributed by atoms with Gasteiger partial charge in [-0.1, -0.05) is 30.3 Å². The minimum Gasteiger partial charge on any atom is -0.351 e. The van der Waals surface area contributed by atoms with Crippen molar-refractivity contribution in [2.75, 3.05) is 6.54 Å². The molecule has 0 spiro atoms. The fourth-order valence-electron chi connectivity index (χ4n) is 1.86. The van der Waals surface area contributed by atoms with Crippen LogP contribution in [0.3, 0.4) is 0 Å². The van der Waals surface area contributed by atoms with Gasteiger partial charge in [-0.25, -0.2) is 4.98 Å². The lowest BCUT2D eigenvalue weighted by Gasteiger charge is -2.04. The largest absolute Gasteiger partial charge is 0.351 e. The average Bonchev–Trinajstić information content (AvgIpc) is 2.91. The molecule has 106 valence electrons. The molecular formula is C16H16N4O. The normalized spacial score (nSPS) is 11.0. The summed E-state index contributed by atoms with van der Waals surface area (Å²) in [6.45, 7) is 0.490. The van der Waals surface area contributed by atoms with Crippen molar-refractivity contribution in [2.24, 2.45) is 7.05 Å². The van der Waals surface area contributed by atoms with Gasteiger partial charge in [-0.2, -0.15) is 5.26 Å². The Balaban J connectivity index is 1.92. The van der Waals surface area contributed by atoms with Crippen molar-refractivity contribution >= 4 is 12.0 Å². The molecule has 0 unspecified atom stereocenters. The van der Waals surface area contributed by atoms with Gasteiger partial charge < -0.3 is 9.88 Å². The van der Waals surface area contributed by atoms with Crippen LogP contribution in [-0.2, 0) is 18.3 Å². The Bertz CT molecular complexity index is 680. The molecule has 1 aromatic carbocycles. The molecule has 0 aliphatic carbocycles. The molecule has 0 saturated heterocycles. The van der Waals surface area contributed by atoms with Crippen LogP contribution in [0.4, 0.5) is 0 Å². The second-order valence-electron chi connectivity index (χ2n) is 4.63. The van der Waals surface area contributed by atoms with Gasteiger partial charge in [-0.3, -0.25) is 4.79 Å². The summed E-state index contributed by atoms with van der Waals surface area (Å²) in [6, 6.07) is 11.8. The maximum atomic E-state index is 11.9. The molecule has 0 aliphatic rings. The number of nitrogens with zero attached hydrogens (tertiary/aromatic N) is 3. The highest BCUT2D eigenvalue weighted by Gasteiger charge is 2.09. The van der Waals surface area contributed by atoms with Crippen molar-refractivity contribution in [3.05, 3.63) is 59.7 Å². The summed E-state index contributed by atoms with van der Waals surface area (Å²) in [6.07, 6.45) is 5.58. The van der Waals surface area contributed by atoms with Crippen LogP contribution in [0.15, 0.2) is 48.4 Å². The lowest BCUT2D eigenvalue weighted by Crippen LogP contribution is -2.26. The van der Waals surface area contributed by atoms with Crippen molar-refractivity contribution in [2.45, 2.75) is 6.42 Å². The number of aryl methyl sites for hydroxylation is 1. The molecule has 1 aromatic heterocycles. The van der Waals surface area contributed by atoms with E-state index < -0.39 is 0 Å². The van der Waals surface area contributed by atoms with Crippen LogP contribution >= 0.6 is 0 Å². The lowest BCUT2D eigenvalue weighted by molar-refractivity contribution is -0.117. The Morgan fingerprint density at radius 3 is 2.81 bits per heavy atom. The number of amides is 1. The predicted molar refractivity (Wildman–Crippen MR) is 80.0 cm³/mol. The molecule has 1 heterocycles. The number of carbonyl (C=O) groups is 1. The molecule has 21 heavy (non-hydrogen) atoms. The van der Waals surface area contributed by atoms with Gasteiger partial charge in [0.15, 0.2) is 0 Å². The van der Waals surface area contributed by atoms with Crippen molar-refractivity contribution in [3.8, 4) is 6.07 Å². The first kappa shape index (κ1) is 14.5. The number of rotatable bonds is 5. The van der Waals surface area contributed by atoms with E-state index in [9.17, 15) is 4.79 Å². The van der Waals surface area contributed by atoms with Crippen molar-refractivity contribution in [1.82, 2.24) is 14.9 Å². The molecule has 0 saturated carbocycles. The van der Waals surface area contributed by atoms with Gasteiger partial charge in [0.25, 0.3) is 5.91 Å². The van der Waals surface area contributed by atoms with Gasteiger partial charge in [-0.05, 0) is 18.1 Å². The molecular weight excluding hydrogens is 264 g/mol. The third-order valence-corrected chi connectivity index (χ3v) is 2.92. The summed E-state index contributed by atoms with van der Waals surface area (Å²) in [7, 11) is 1.83. The molecule has 0 bridgehead atoms. The van der Waals surface area contributed by atoms with E-state index in [0.717, 1.165) is 12.0 Å². The summed E-state index contributed by atoms with van der Waals surface area (Å²) < 4.78 is 1.76. The summed E-state index contributed by atoms with van der Waals surface area (Å²) in [5.41, 5.74) is 1.79. The minimum atomic E-state index is -0.376. The van der Waals surface area contributed by atoms with Crippen LogP contribution in [0.25, 0.3) is 6.08 Å². The standard InChI is InChI=1S/C16H16N4O/c1-20-11-15(19-12-20)9-14(10-17)16(21)18-8-7-13-5-3-2-4-6-13/h2-6,9,11-12H,7-8H2,1H3,(H,18,21). The topological polar surface area (TPSA) is 70.7 Å². The van der Waals surface area contributed by atoms with Crippen molar-refractivity contribution < 1.29 is 4.79 Å². The Labute approximate surface area is 123 Å². The van der Waals surface area contributed by atoms with Crippen LogP contribution in [0, 0.1) is 11.3 Å². The molecule has 0 aliphatic heterocycles. The first-order valence-electron chi connectivity index (χ1n) is 6.61. The smallest absolute Gasteiger partial charge is 0.262 e. The van der Waals surface area contributed by atoms with Crippen LogP contribution in [-0.4, -0.2) is 22.0 Å². The number of imidazole rings is 1. The molecule has 1 N–H and O–H groups in total. The number of aromatic nitrogens is 2. The number of hydrogen-bond donors (Lipinski definition) is 1. The second-order valence-corrected chi connectivity index (χ2v) is 4.63. The van der Waals surface area contributed by atoms with Crippen LogP contribution in [0.1, 0.15) is 11.3 Å². The summed E-state index contributed by atoms with van der Waals surface area (Å²) in [5.74, 6) is -0.376. The highest BCUT2D eigenvalue weighted by atomic mass is 16.1. The highest BCUT2D eigenvalue weighted by Crippen LogP contribution is 2.04. The van der Waals surface area contributed by atoms with E-state index in [4.69, 9.17) is 5.26 Å². The highest BCUT2D eigenvalue weighted by molar-refractivity contribution is 6.01.